The fourth-order valence-electron chi connectivity index (χ4n) is 2.05. The lowest BCUT2D eigenvalue weighted by atomic mass is 9.97. The first kappa shape index (κ1) is 16.8. The number of aliphatic carboxylic acids is 1. The highest BCUT2D eigenvalue weighted by Gasteiger charge is 2.33. The molecule has 1 unspecified atom stereocenters. The van der Waals surface area contributed by atoms with E-state index >= 15 is 0 Å². The average Bonchev–Trinajstić information content (AvgIpc) is 2.38. The van der Waals surface area contributed by atoms with Crippen LogP contribution in [-0.2, 0) is 4.79 Å². The number of ether oxygens (including phenoxy) is 1. The molecule has 0 aliphatic heterocycles. The maximum atomic E-state index is 12.0. The van der Waals surface area contributed by atoms with Crippen molar-refractivity contribution in [1.29, 1.82) is 0 Å². The molecule has 0 saturated carbocycles. The Kier molecular flexibility index (Phi) is 5.58. The van der Waals surface area contributed by atoms with Gasteiger partial charge in [0.25, 0.3) is 0 Å². The summed E-state index contributed by atoms with van der Waals surface area (Å²) in [4.78, 5) is 23.4. The SMILES string of the molecule is CCCC(C)(NC(=O)Nc1cc(C)ccc1OC)C(=O)O. The summed E-state index contributed by atoms with van der Waals surface area (Å²) in [6, 6.07) is 4.79. The zero-order chi connectivity index (χ0) is 16.0. The van der Waals surface area contributed by atoms with Crippen molar-refractivity contribution in [3.63, 3.8) is 0 Å². The molecule has 116 valence electrons. The van der Waals surface area contributed by atoms with E-state index in [0.29, 0.717) is 24.3 Å². The summed E-state index contributed by atoms with van der Waals surface area (Å²) in [5.41, 5.74) is 0.162. The number of carbonyl (C=O) groups is 2. The lowest BCUT2D eigenvalue weighted by molar-refractivity contribution is -0.143. The number of aryl methyl sites for hydroxylation is 1. The van der Waals surface area contributed by atoms with E-state index in [4.69, 9.17) is 4.74 Å². The maximum absolute atomic E-state index is 12.0. The van der Waals surface area contributed by atoms with Crippen LogP contribution in [0.5, 0.6) is 5.75 Å². The average molecular weight is 294 g/mol. The normalized spacial score (nSPS) is 13.1. The summed E-state index contributed by atoms with van der Waals surface area (Å²) >= 11 is 0. The van der Waals surface area contributed by atoms with Crippen molar-refractivity contribution in [2.75, 3.05) is 12.4 Å². The van der Waals surface area contributed by atoms with Crippen molar-refractivity contribution >= 4 is 17.7 Å². The lowest BCUT2D eigenvalue weighted by Gasteiger charge is -2.26. The van der Waals surface area contributed by atoms with Gasteiger partial charge in [-0.2, -0.15) is 0 Å². The molecule has 0 bridgehead atoms. The minimum Gasteiger partial charge on any atom is -0.495 e. The second-order valence-corrected chi connectivity index (χ2v) is 5.17. The minimum atomic E-state index is -1.30. The molecule has 0 fully saturated rings. The quantitative estimate of drug-likeness (QED) is 0.752. The predicted octanol–water partition coefficient (Wildman–Crippen LogP) is 2.77. The number of urea groups is 1. The third kappa shape index (κ3) is 4.37. The van der Waals surface area contributed by atoms with Crippen LogP contribution in [0.25, 0.3) is 0 Å². The van der Waals surface area contributed by atoms with Crippen LogP contribution in [-0.4, -0.2) is 29.8 Å². The molecule has 0 aliphatic carbocycles. The van der Waals surface area contributed by atoms with E-state index < -0.39 is 17.5 Å². The Morgan fingerprint density at radius 3 is 2.57 bits per heavy atom. The molecule has 1 aromatic carbocycles. The minimum absolute atomic E-state index is 0.348. The Morgan fingerprint density at radius 2 is 2.05 bits per heavy atom. The van der Waals surface area contributed by atoms with Gasteiger partial charge in [0.1, 0.15) is 11.3 Å². The molecule has 0 aromatic heterocycles. The van der Waals surface area contributed by atoms with Gasteiger partial charge in [-0.15, -0.1) is 0 Å². The molecule has 0 heterocycles. The number of nitrogens with one attached hydrogen (secondary N) is 2. The predicted molar refractivity (Wildman–Crippen MR) is 80.8 cm³/mol. The first-order chi connectivity index (χ1) is 9.82. The number of hydrogen-bond acceptors (Lipinski definition) is 3. The molecule has 21 heavy (non-hydrogen) atoms. The van der Waals surface area contributed by atoms with Gasteiger partial charge in [-0.3, -0.25) is 0 Å². The third-order valence-corrected chi connectivity index (χ3v) is 3.21. The number of methoxy groups -OCH3 is 1. The first-order valence-electron chi connectivity index (χ1n) is 6.79. The van der Waals surface area contributed by atoms with Crippen molar-refractivity contribution < 1.29 is 19.4 Å². The van der Waals surface area contributed by atoms with E-state index in [9.17, 15) is 14.7 Å². The van der Waals surface area contributed by atoms with E-state index in [2.05, 4.69) is 10.6 Å². The Morgan fingerprint density at radius 1 is 1.38 bits per heavy atom. The summed E-state index contributed by atoms with van der Waals surface area (Å²) < 4.78 is 5.17. The summed E-state index contributed by atoms with van der Waals surface area (Å²) in [6.45, 7) is 5.25. The zero-order valence-electron chi connectivity index (χ0n) is 12.8. The largest absolute Gasteiger partial charge is 0.495 e. The van der Waals surface area contributed by atoms with Gasteiger partial charge in [0.15, 0.2) is 0 Å². The Bertz CT molecular complexity index is 530. The van der Waals surface area contributed by atoms with Crippen LogP contribution >= 0.6 is 0 Å². The monoisotopic (exact) mass is 294 g/mol. The van der Waals surface area contributed by atoms with Crippen LogP contribution in [0.1, 0.15) is 32.3 Å². The van der Waals surface area contributed by atoms with E-state index in [0.717, 1.165) is 5.56 Å². The second kappa shape index (κ2) is 6.97. The van der Waals surface area contributed by atoms with Gasteiger partial charge >= 0.3 is 12.0 Å². The van der Waals surface area contributed by atoms with Crippen molar-refractivity contribution in [2.45, 2.75) is 39.2 Å². The molecule has 3 N–H and O–H groups in total. The number of benzene rings is 1. The van der Waals surface area contributed by atoms with Gasteiger partial charge in [-0.25, -0.2) is 9.59 Å². The smallest absolute Gasteiger partial charge is 0.329 e. The summed E-state index contributed by atoms with van der Waals surface area (Å²) in [5, 5.41) is 14.4. The lowest BCUT2D eigenvalue weighted by Crippen LogP contribution is -2.53. The number of rotatable bonds is 6. The van der Waals surface area contributed by atoms with Crippen molar-refractivity contribution in [3.8, 4) is 5.75 Å². The zero-order valence-corrected chi connectivity index (χ0v) is 12.8. The standard InChI is InChI=1S/C15H22N2O4/c1-5-8-15(3,13(18)19)17-14(20)16-11-9-10(2)6-7-12(11)21-4/h6-7,9H,5,8H2,1-4H3,(H,18,19)(H2,16,17,20). The van der Waals surface area contributed by atoms with E-state index in [1.165, 1.54) is 14.0 Å². The molecule has 6 heteroatoms. The number of amides is 2. The van der Waals surface area contributed by atoms with Crippen LogP contribution in [0.4, 0.5) is 10.5 Å². The van der Waals surface area contributed by atoms with Crippen LogP contribution in [0.2, 0.25) is 0 Å². The molecule has 1 aromatic rings. The van der Waals surface area contributed by atoms with Crippen molar-refractivity contribution in [2.24, 2.45) is 0 Å². The molecule has 0 spiro atoms. The molecule has 0 radical (unpaired) electrons. The number of carboxylic acid groups (broad SMARTS) is 1. The molecule has 1 atom stereocenters. The van der Waals surface area contributed by atoms with Crippen LogP contribution in [0.3, 0.4) is 0 Å². The van der Waals surface area contributed by atoms with Crippen molar-refractivity contribution in [1.82, 2.24) is 5.32 Å². The number of anilines is 1. The topological polar surface area (TPSA) is 87.7 Å². The van der Waals surface area contributed by atoms with Gasteiger partial charge in [-0.1, -0.05) is 19.4 Å². The van der Waals surface area contributed by atoms with E-state index in [1.54, 1.807) is 12.1 Å². The summed E-state index contributed by atoms with van der Waals surface area (Å²) in [7, 11) is 1.51. The third-order valence-electron chi connectivity index (χ3n) is 3.21. The fourth-order valence-corrected chi connectivity index (χ4v) is 2.05. The molecule has 2 amide bonds. The highest BCUT2D eigenvalue weighted by atomic mass is 16.5. The van der Waals surface area contributed by atoms with Gasteiger partial charge in [0, 0.05) is 0 Å². The maximum Gasteiger partial charge on any atom is 0.329 e. The van der Waals surface area contributed by atoms with Crippen LogP contribution < -0.4 is 15.4 Å². The number of carbonyl (C=O) groups excluding carboxylic acids is 1. The van der Waals surface area contributed by atoms with Gasteiger partial charge in [0.05, 0.1) is 12.8 Å². The van der Waals surface area contributed by atoms with Gasteiger partial charge in [0.2, 0.25) is 0 Å². The van der Waals surface area contributed by atoms with Gasteiger partial charge < -0.3 is 20.5 Å². The van der Waals surface area contributed by atoms with Crippen molar-refractivity contribution in [3.05, 3.63) is 23.8 Å². The molecule has 1 rings (SSSR count). The highest BCUT2D eigenvalue weighted by Crippen LogP contribution is 2.25. The molecular formula is C15H22N2O4. The fraction of sp³-hybridized carbons (Fsp3) is 0.467. The Balaban J connectivity index is 2.86. The first-order valence-corrected chi connectivity index (χ1v) is 6.79. The van der Waals surface area contributed by atoms with E-state index in [1.807, 2.05) is 19.9 Å². The van der Waals surface area contributed by atoms with Gasteiger partial charge in [-0.05, 0) is 38.0 Å². The van der Waals surface area contributed by atoms with Crippen LogP contribution in [0, 0.1) is 6.92 Å². The summed E-state index contributed by atoms with van der Waals surface area (Å²) in [6.07, 6.45) is 0.998. The molecule has 6 nitrogen and oxygen atoms in total. The molecule has 0 saturated heterocycles. The Labute approximate surface area is 124 Å². The number of hydrogen-bond donors (Lipinski definition) is 3. The Hall–Kier alpha value is -2.24. The number of carboxylic acids is 1. The molecule has 0 aliphatic rings. The van der Waals surface area contributed by atoms with E-state index in [-0.39, 0.29) is 0 Å². The molecular weight excluding hydrogens is 272 g/mol. The highest BCUT2D eigenvalue weighted by molar-refractivity contribution is 5.94. The van der Waals surface area contributed by atoms with Crippen LogP contribution in [0.15, 0.2) is 18.2 Å². The second-order valence-electron chi connectivity index (χ2n) is 5.17. The summed E-state index contributed by atoms with van der Waals surface area (Å²) in [5.74, 6) is -0.543.